The van der Waals surface area contributed by atoms with Gasteiger partial charge in [0.25, 0.3) is 0 Å². The van der Waals surface area contributed by atoms with E-state index in [-0.39, 0.29) is 0 Å². The summed E-state index contributed by atoms with van der Waals surface area (Å²) in [5, 5.41) is 11.6. The number of fused-ring (bicyclic) bond motifs is 1. The van der Waals surface area contributed by atoms with Gasteiger partial charge in [-0.25, -0.2) is 9.67 Å². The summed E-state index contributed by atoms with van der Waals surface area (Å²) in [6.07, 6.45) is 6.10. The molecule has 3 rings (SSSR count). The molecule has 6 nitrogen and oxygen atoms in total. The molecule has 1 aromatic rings. The van der Waals surface area contributed by atoms with Gasteiger partial charge in [-0.3, -0.25) is 4.99 Å². The van der Waals surface area contributed by atoms with Crippen LogP contribution in [0.4, 0.5) is 0 Å². The van der Waals surface area contributed by atoms with Crippen molar-refractivity contribution in [3.63, 3.8) is 0 Å². The first kappa shape index (κ1) is 16.3. The van der Waals surface area contributed by atoms with Gasteiger partial charge in [0.1, 0.15) is 5.82 Å². The van der Waals surface area contributed by atoms with Crippen molar-refractivity contribution in [3.05, 3.63) is 11.6 Å². The summed E-state index contributed by atoms with van der Waals surface area (Å²) < 4.78 is 2.07. The lowest BCUT2D eigenvalue weighted by Gasteiger charge is -2.25. The molecule has 0 saturated heterocycles. The molecular weight excluding hydrogens is 288 g/mol. The minimum Gasteiger partial charge on any atom is -0.357 e. The van der Waals surface area contributed by atoms with Crippen LogP contribution in [0.2, 0.25) is 0 Å². The van der Waals surface area contributed by atoms with Crippen LogP contribution in [0.5, 0.6) is 0 Å². The molecule has 0 aromatic carbocycles. The van der Waals surface area contributed by atoms with E-state index in [0.29, 0.717) is 12.0 Å². The SMILES string of the molecule is CCNC(=NCCC1CC1)NC1CCc2nc(C(C)C)nn2C1. The van der Waals surface area contributed by atoms with E-state index in [9.17, 15) is 0 Å². The van der Waals surface area contributed by atoms with Gasteiger partial charge in [0.15, 0.2) is 11.8 Å². The monoisotopic (exact) mass is 318 g/mol. The van der Waals surface area contributed by atoms with E-state index in [0.717, 1.165) is 56.0 Å². The van der Waals surface area contributed by atoms with Crippen molar-refractivity contribution in [3.8, 4) is 0 Å². The largest absolute Gasteiger partial charge is 0.357 e. The predicted molar refractivity (Wildman–Crippen MR) is 92.7 cm³/mol. The fourth-order valence-corrected chi connectivity index (χ4v) is 2.97. The lowest BCUT2D eigenvalue weighted by molar-refractivity contribution is 0.391. The van der Waals surface area contributed by atoms with E-state index in [1.54, 1.807) is 0 Å². The number of aliphatic imine (C=N–C) groups is 1. The Hall–Kier alpha value is -1.59. The first-order valence-corrected chi connectivity index (χ1v) is 9.14. The highest BCUT2D eigenvalue weighted by Gasteiger charge is 2.23. The number of aryl methyl sites for hydroxylation is 1. The van der Waals surface area contributed by atoms with Gasteiger partial charge in [0.2, 0.25) is 0 Å². The van der Waals surface area contributed by atoms with Crippen molar-refractivity contribution < 1.29 is 0 Å². The van der Waals surface area contributed by atoms with Crippen LogP contribution >= 0.6 is 0 Å². The predicted octanol–water partition coefficient (Wildman–Crippen LogP) is 2.07. The second-order valence-electron chi connectivity index (χ2n) is 7.10. The molecule has 1 fully saturated rings. The third-order valence-electron chi connectivity index (χ3n) is 4.58. The van der Waals surface area contributed by atoms with Crippen LogP contribution in [0.25, 0.3) is 0 Å². The Balaban J connectivity index is 1.57. The molecule has 0 bridgehead atoms. The maximum absolute atomic E-state index is 4.73. The molecule has 1 saturated carbocycles. The van der Waals surface area contributed by atoms with Crippen LogP contribution in [-0.4, -0.2) is 39.9 Å². The second-order valence-corrected chi connectivity index (χ2v) is 7.10. The summed E-state index contributed by atoms with van der Waals surface area (Å²) in [6, 6.07) is 0.378. The first-order chi connectivity index (χ1) is 11.2. The number of rotatable bonds is 6. The highest BCUT2D eigenvalue weighted by molar-refractivity contribution is 5.80. The molecule has 1 unspecified atom stereocenters. The zero-order valence-electron chi connectivity index (χ0n) is 14.7. The van der Waals surface area contributed by atoms with Crippen molar-refractivity contribution >= 4 is 5.96 Å². The Morgan fingerprint density at radius 2 is 2.17 bits per heavy atom. The smallest absolute Gasteiger partial charge is 0.191 e. The van der Waals surface area contributed by atoms with Gasteiger partial charge in [-0.1, -0.05) is 26.7 Å². The van der Waals surface area contributed by atoms with E-state index in [4.69, 9.17) is 4.99 Å². The number of aromatic nitrogens is 3. The van der Waals surface area contributed by atoms with Crippen molar-refractivity contribution in [2.45, 2.75) is 71.4 Å². The summed E-state index contributed by atoms with van der Waals surface area (Å²) >= 11 is 0. The number of nitrogens with zero attached hydrogens (tertiary/aromatic N) is 4. The molecule has 1 atom stereocenters. The van der Waals surface area contributed by atoms with Crippen molar-refractivity contribution in [2.24, 2.45) is 10.9 Å². The van der Waals surface area contributed by atoms with Gasteiger partial charge in [-0.15, -0.1) is 0 Å². The lowest BCUT2D eigenvalue weighted by atomic mass is 10.1. The molecule has 0 amide bonds. The Kier molecular flexibility index (Phi) is 5.18. The maximum atomic E-state index is 4.73. The highest BCUT2D eigenvalue weighted by atomic mass is 15.4. The minimum atomic E-state index is 0.378. The molecule has 1 aliphatic carbocycles. The molecule has 6 heteroatoms. The summed E-state index contributed by atoms with van der Waals surface area (Å²) in [7, 11) is 0. The summed E-state index contributed by atoms with van der Waals surface area (Å²) in [4.78, 5) is 9.38. The molecular formula is C17H30N6. The molecule has 0 spiro atoms. The zero-order valence-corrected chi connectivity index (χ0v) is 14.7. The Morgan fingerprint density at radius 3 is 2.87 bits per heavy atom. The van der Waals surface area contributed by atoms with Gasteiger partial charge >= 0.3 is 0 Å². The standard InChI is InChI=1S/C17H30N6/c1-4-18-17(19-10-9-13-5-6-13)20-14-7-8-15-21-16(12(2)3)22-23(15)11-14/h12-14H,4-11H2,1-3H3,(H2,18,19,20). The van der Waals surface area contributed by atoms with Gasteiger partial charge in [-0.2, -0.15) is 5.10 Å². The number of hydrogen-bond acceptors (Lipinski definition) is 3. The van der Waals surface area contributed by atoms with Gasteiger partial charge in [0, 0.05) is 31.5 Å². The molecule has 2 heterocycles. The molecule has 1 aromatic heterocycles. The maximum Gasteiger partial charge on any atom is 0.191 e. The van der Waals surface area contributed by atoms with Crippen LogP contribution in [0, 0.1) is 5.92 Å². The normalized spacial score (nSPS) is 21.4. The fourth-order valence-electron chi connectivity index (χ4n) is 2.97. The minimum absolute atomic E-state index is 0.378. The Labute approximate surface area is 139 Å². The second kappa shape index (κ2) is 7.32. The highest BCUT2D eigenvalue weighted by Crippen LogP contribution is 2.32. The number of nitrogens with one attached hydrogen (secondary N) is 2. The molecule has 0 radical (unpaired) electrons. The average molecular weight is 318 g/mol. The van der Waals surface area contributed by atoms with E-state index < -0.39 is 0 Å². The number of hydrogen-bond donors (Lipinski definition) is 2. The first-order valence-electron chi connectivity index (χ1n) is 9.14. The van der Waals surface area contributed by atoms with Crippen LogP contribution in [0.15, 0.2) is 4.99 Å². The average Bonchev–Trinajstić information content (AvgIpc) is 3.24. The number of guanidine groups is 1. The molecule has 2 N–H and O–H groups in total. The summed E-state index contributed by atoms with van der Waals surface area (Å²) in [5.74, 6) is 4.36. The van der Waals surface area contributed by atoms with Gasteiger partial charge < -0.3 is 10.6 Å². The van der Waals surface area contributed by atoms with Gasteiger partial charge in [0.05, 0.1) is 6.54 Å². The van der Waals surface area contributed by atoms with E-state index >= 15 is 0 Å². The summed E-state index contributed by atoms with van der Waals surface area (Å²) in [5.41, 5.74) is 0. The summed E-state index contributed by atoms with van der Waals surface area (Å²) in [6.45, 7) is 9.11. The zero-order chi connectivity index (χ0) is 16.2. The Morgan fingerprint density at radius 1 is 1.35 bits per heavy atom. The van der Waals surface area contributed by atoms with Crippen LogP contribution in [-0.2, 0) is 13.0 Å². The molecule has 1 aliphatic heterocycles. The van der Waals surface area contributed by atoms with Crippen molar-refractivity contribution in [2.75, 3.05) is 13.1 Å². The molecule has 128 valence electrons. The van der Waals surface area contributed by atoms with Crippen LogP contribution in [0.3, 0.4) is 0 Å². The van der Waals surface area contributed by atoms with Crippen LogP contribution < -0.4 is 10.6 Å². The lowest BCUT2D eigenvalue weighted by Crippen LogP contribution is -2.47. The van der Waals surface area contributed by atoms with Crippen molar-refractivity contribution in [1.82, 2.24) is 25.4 Å². The Bertz CT molecular complexity index is 543. The molecule has 2 aliphatic rings. The van der Waals surface area contributed by atoms with Crippen LogP contribution in [0.1, 0.15) is 64.0 Å². The van der Waals surface area contributed by atoms with Crippen molar-refractivity contribution in [1.29, 1.82) is 0 Å². The molecule has 23 heavy (non-hydrogen) atoms. The van der Waals surface area contributed by atoms with Gasteiger partial charge in [-0.05, 0) is 25.7 Å². The van der Waals surface area contributed by atoms with E-state index in [1.165, 1.54) is 19.3 Å². The topological polar surface area (TPSA) is 67.1 Å². The van der Waals surface area contributed by atoms with E-state index in [2.05, 4.69) is 46.2 Å². The third-order valence-corrected chi connectivity index (χ3v) is 4.58. The third kappa shape index (κ3) is 4.45. The van der Waals surface area contributed by atoms with E-state index in [1.807, 2.05) is 0 Å². The fraction of sp³-hybridized carbons (Fsp3) is 0.824. The quantitative estimate of drug-likeness (QED) is 0.622.